The van der Waals surface area contributed by atoms with Crippen LogP contribution in [0.3, 0.4) is 0 Å². The summed E-state index contributed by atoms with van der Waals surface area (Å²) in [5, 5.41) is 0. The second-order valence-electron chi connectivity index (χ2n) is 2.83. The summed E-state index contributed by atoms with van der Waals surface area (Å²) in [6, 6.07) is 11.7. The predicted molar refractivity (Wildman–Crippen MR) is 53.1 cm³/mol. The first-order valence-electron chi connectivity index (χ1n) is 4.13. The van der Waals surface area contributed by atoms with Gasteiger partial charge < -0.3 is 0 Å². The van der Waals surface area contributed by atoms with E-state index in [9.17, 15) is 0 Å². The molecule has 1 aromatic carbocycles. The smallest absolute Gasteiger partial charge is 0.0346 e. The van der Waals surface area contributed by atoms with Crippen molar-refractivity contribution in [3.05, 3.63) is 61.3 Å². The van der Waals surface area contributed by atoms with E-state index in [-0.39, 0.29) is 0 Å². The molecule has 1 aromatic heterocycles. The molecule has 2 radical (unpaired) electrons. The van der Waals surface area contributed by atoms with Gasteiger partial charge in [0.25, 0.3) is 0 Å². The molecule has 1 heterocycles. The first-order chi connectivity index (χ1) is 6.38. The average molecular weight is 167 g/mol. The highest BCUT2D eigenvalue weighted by molar-refractivity contribution is 5.66. The fraction of sp³-hybridized carbons (Fsp3) is 0. The second-order valence-corrected chi connectivity index (χ2v) is 2.83. The van der Waals surface area contributed by atoms with E-state index in [0.717, 1.165) is 16.7 Å². The maximum atomic E-state index is 5.82. The fourth-order valence-corrected chi connectivity index (χ4v) is 1.28. The zero-order valence-corrected chi connectivity index (χ0v) is 7.14. The molecule has 13 heavy (non-hydrogen) atoms. The zero-order valence-electron chi connectivity index (χ0n) is 7.14. The van der Waals surface area contributed by atoms with Gasteiger partial charge in [-0.1, -0.05) is 30.3 Å². The van der Waals surface area contributed by atoms with Gasteiger partial charge in [0.2, 0.25) is 0 Å². The molecule has 1 nitrogen and oxygen atoms in total. The number of hydrogen-bond acceptors (Lipinski definition) is 1. The summed E-state index contributed by atoms with van der Waals surface area (Å²) in [5.74, 6) is 0. The van der Waals surface area contributed by atoms with Gasteiger partial charge in [0.1, 0.15) is 0 Å². The SMILES string of the molecule is [CH]c1ccccc1-c1cccnc1. The van der Waals surface area contributed by atoms with E-state index in [1.54, 1.807) is 6.20 Å². The Balaban J connectivity index is 2.54. The van der Waals surface area contributed by atoms with Crippen LogP contribution in [0.2, 0.25) is 0 Å². The molecule has 0 bridgehead atoms. The van der Waals surface area contributed by atoms with Crippen LogP contribution in [-0.2, 0) is 0 Å². The number of rotatable bonds is 1. The van der Waals surface area contributed by atoms with E-state index >= 15 is 0 Å². The maximum absolute atomic E-state index is 5.82. The van der Waals surface area contributed by atoms with E-state index in [4.69, 9.17) is 6.92 Å². The van der Waals surface area contributed by atoms with Crippen LogP contribution in [0.15, 0.2) is 48.8 Å². The first-order valence-corrected chi connectivity index (χ1v) is 4.13. The molecule has 0 aliphatic rings. The molecule has 0 unspecified atom stereocenters. The minimum atomic E-state index is 0.788. The molecular formula is C12H9N. The van der Waals surface area contributed by atoms with Crippen LogP contribution in [0.5, 0.6) is 0 Å². The standard InChI is InChI=1S/C12H9N/c1-10-5-2-3-7-12(10)11-6-4-8-13-9-11/h1-9H. The minimum Gasteiger partial charge on any atom is -0.264 e. The largest absolute Gasteiger partial charge is 0.264 e. The molecule has 0 saturated carbocycles. The summed E-state index contributed by atoms with van der Waals surface area (Å²) >= 11 is 0. The Kier molecular flexibility index (Phi) is 2.09. The molecule has 0 amide bonds. The molecule has 0 fully saturated rings. The van der Waals surface area contributed by atoms with Gasteiger partial charge in [-0.3, -0.25) is 4.98 Å². The quantitative estimate of drug-likeness (QED) is 0.636. The third-order valence-electron chi connectivity index (χ3n) is 1.93. The Bertz CT molecular complexity index is 393. The summed E-state index contributed by atoms with van der Waals surface area (Å²) < 4.78 is 0. The van der Waals surface area contributed by atoms with Gasteiger partial charge in [-0.2, -0.15) is 0 Å². The van der Waals surface area contributed by atoms with Gasteiger partial charge in [-0.25, -0.2) is 0 Å². The Morgan fingerprint density at radius 1 is 1.00 bits per heavy atom. The van der Waals surface area contributed by atoms with Gasteiger partial charge in [0.05, 0.1) is 0 Å². The first kappa shape index (κ1) is 7.99. The Labute approximate surface area is 78.1 Å². The van der Waals surface area contributed by atoms with Gasteiger partial charge in [0, 0.05) is 18.0 Å². The lowest BCUT2D eigenvalue weighted by Crippen LogP contribution is -1.82. The van der Waals surface area contributed by atoms with Crippen molar-refractivity contribution in [1.29, 1.82) is 0 Å². The number of nitrogens with zero attached hydrogens (tertiary/aromatic N) is 1. The topological polar surface area (TPSA) is 12.9 Å². The fourth-order valence-electron chi connectivity index (χ4n) is 1.28. The van der Waals surface area contributed by atoms with Crippen LogP contribution in [0, 0.1) is 6.92 Å². The molecule has 0 saturated heterocycles. The molecule has 2 aromatic rings. The summed E-state index contributed by atoms with van der Waals surface area (Å²) in [7, 11) is 0. The molecule has 0 aliphatic carbocycles. The highest BCUT2D eigenvalue weighted by Crippen LogP contribution is 2.21. The van der Waals surface area contributed by atoms with Gasteiger partial charge in [0.15, 0.2) is 0 Å². The lowest BCUT2D eigenvalue weighted by molar-refractivity contribution is 1.33. The molecule has 62 valence electrons. The monoisotopic (exact) mass is 167 g/mol. The number of benzene rings is 1. The maximum Gasteiger partial charge on any atom is 0.0346 e. The van der Waals surface area contributed by atoms with Crippen LogP contribution in [0.4, 0.5) is 0 Å². The van der Waals surface area contributed by atoms with Gasteiger partial charge >= 0.3 is 0 Å². The third kappa shape index (κ3) is 1.59. The van der Waals surface area contributed by atoms with Crippen LogP contribution < -0.4 is 0 Å². The van der Waals surface area contributed by atoms with Crippen LogP contribution in [0.25, 0.3) is 11.1 Å². The Hall–Kier alpha value is -1.63. The highest BCUT2D eigenvalue weighted by Gasteiger charge is 1.98. The van der Waals surface area contributed by atoms with Crippen molar-refractivity contribution in [2.75, 3.05) is 0 Å². The summed E-state index contributed by atoms with van der Waals surface area (Å²) in [6.07, 6.45) is 3.56. The Morgan fingerprint density at radius 2 is 1.85 bits per heavy atom. The average Bonchev–Trinajstić information content (AvgIpc) is 2.20. The lowest BCUT2D eigenvalue weighted by Gasteiger charge is -2.03. The van der Waals surface area contributed by atoms with Crippen molar-refractivity contribution < 1.29 is 0 Å². The molecular weight excluding hydrogens is 158 g/mol. The second kappa shape index (κ2) is 3.40. The molecule has 0 aliphatic heterocycles. The van der Waals surface area contributed by atoms with Crippen molar-refractivity contribution >= 4 is 0 Å². The minimum absolute atomic E-state index is 0.788. The summed E-state index contributed by atoms with van der Waals surface area (Å²) in [5.41, 5.74) is 2.88. The van der Waals surface area contributed by atoms with Crippen molar-refractivity contribution in [2.45, 2.75) is 0 Å². The summed E-state index contributed by atoms with van der Waals surface area (Å²) in [6.45, 7) is 5.82. The third-order valence-corrected chi connectivity index (χ3v) is 1.93. The number of aromatic nitrogens is 1. The molecule has 0 N–H and O–H groups in total. The Morgan fingerprint density at radius 3 is 2.54 bits per heavy atom. The summed E-state index contributed by atoms with van der Waals surface area (Å²) in [4.78, 5) is 4.05. The van der Waals surface area contributed by atoms with E-state index in [2.05, 4.69) is 4.98 Å². The van der Waals surface area contributed by atoms with Crippen molar-refractivity contribution in [2.24, 2.45) is 0 Å². The van der Waals surface area contributed by atoms with E-state index in [1.807, 2.05) is 42.6 Å². The normalized spacial score (nSPS) is 9.92. The van der Waals surface area contributed by atoms with Gasteiger partial charge in [-0.15, -0.1) is 0 Å². The van der Waals surface area contributed by atoms with Crippen molar-refractivity contribution in [1.82, 2.24) is 4.98 Å². The van der Waals surface area contributed by atoms with Crippen LogP contribution in [0.1, 0.15) is 5.56 Å². The molecule has 2 rings (SSSR count). The predicted octanol–water partition coefficient (Wildman–Crippen LogP) is 2.81. The van der Waals surface area contributed by atoms with Crippen LogP contribution >= 0.6 is 0 Å². The lowest BCUT2D eigenvalue weighted by atomic mass is 10.0. The number of hydrogen-bond donors (Lipinski definition) is 0. The van der Waals surface area contributed by atoms with E-state index < -0.39 is 0 Å². The molecule has 0 atom stereocenters. The van der Waals surface area contributed by atoms with Gasteiger partial charge in [-0.05, 0) is 24.1 Å². The van der Waals surface area contributed by atoms with E-state index in [0.29, 0.717) is 0 Å². The highest BCUT2D eigenvalue weighted by atomic mass is 14.6. The van der Waals surface area contributed by atoms with Crippen LogP contribution in [-0.4, -0.2) is 4.98 Å². The van der Waals surface area contributed by atoms with Crippen molar-refractivity contribution in [3.8, 4) is 11.1 Å². The van der Waals surface area contributed by atoms with Crippen molar-refractivity contribution in [3.63, 3.8) is 0 Å². The molecule has 1 heteroatoms. The molecule has 0 spiro atoms. The van der Waals surface area contributed by atoms with E-state index in [1.165, 1.54) is 0 Å². The zero-order chi connectivity index (χ0) is 9.10. The number of pyridine rings is 1.